The van der Waals surface area contributed by atoms with E-state index in [1.54, 1.807) is 35.9 Å². The first-order valence-corrected chi connectivity index (χ1v) is 10.0. The zero-order valence-electron chi connectivity index (χ0n) is 16.9. The van der Waals surface area contributed by atoms with Gasteiger partial charge in [0.2, 0.25) is 0 Å². The largest absolute Gasteiger partial charge is 0.390 e. The normalized spacial score (nSPS) is 20.4. The molecule has 0 spiro atoms. The first-order chi connectivity index (χ1) is 14.9. The van der Waals surface area contributed by atoms with Gasteiger partial charge in [0, 0.05) is 16.5 Å². The highest BCUT2D eigenvalue weighted by Crippen LogP contribution is 2.43. The number of fused-ring (bicyclic) bond motifs is 1. The summed E-state index contributed by atoms with van der Waals surface area (Å²) in [5, 5.41) is 25.3. The lowest BCUT2D eigenvalue weighted by Crippen LogP contribution is -2.42. The van der Waals surface area contributed by atoms with Crippen LogP contribution in [0.15, 0.2) is 54.6 Å². The zero-order chi connectivity index (χ0) is 21.8. The molecule has 5 rings (SSSR count). The third kappa shape index (κ3) is 3.22. The molecule has 0 unspecified atom stereocenters. The zero-order valence-corrected chi connectivity index (χ0v) is 16.9. The average molecular weight is 413 g/mol. The van der Waals surface area contributed by atoms with E-state index in [4.69, 9.17) is 5.73 Å². The number of nitrogen functional groups attached to an aromatic ring is 1. The third-order valence-electron chi connectivity index (χ3n) is 5.87. The Morgan fingerprint density at radius 3 is 2.65 bits per heavy atom. The molecule has 2 aromatic heterocycles. The molecule has 154 valence electrons. The minimum Gasteiger partial charge on any atom is -0.390 e. The van der Waals surface area contributed by atoms with Gasteiger partial charge in [0.1, 0.15) is 29.0 Å². The number of nitriles is 1. The van der Waals surface area contributed by atoms with Crippen molar-refractivity contribution in [2.75, 3.05) is 5.73 Å². The molecule has 0 aliphatic heterocycles. The van der Waals surface area contributed by atoms with E-state index in [-0.39, 0.29) is 11.9 Å². The highest BCUT2D eigenvalue weighted by atomic mass is 19.1. The molecule has 2 heterocycles. The van der Waals surface area contributed by atoms with Gasteiger partial charge in [-0.2, -0.15) is 10.4 Å². The Morgan fingerprint density at radius 2 is 1.94 bits per heavy atom. The summed E-state index contributed by atoms with van der Waals surface area (Å²) in [6.45, 7) is 1.78. The molecule has 1 saturated carbocycles. The fourth-order valence-electron chi connectivity index (χ4n) is 4.25. The summed E-state index contributed by atoms with van der Waals surface area (Å²) in [6, 6.07) is 17.9. The molecular weight excluding hydrogens is 393 g/mol. The highest BCUT2D eigenvalue weighted by Gasteiger charge is 2.41. The van der Waals surface area contributed by atoms with Gasteiger partial charge in [-0.3, -0.25) is 0 Å². The van der Waals surface area contributed by atoms with Gasteiger partial charge in [-0.05, 0) is 44.0 Å². The van der Waals surface area contributed by atoms with Crippen LogP contribution in [0.2, 0.25) is 0 Å². The SMILES string of the molecule is C[C@]1(O)C[C@H](n2nc(-c3ccc4ccc(-c5ccccc5F)nc4c3)c(C#N)c2N)C1. The van der Waals surface area contributed by atoms with Gasteiger partial charge < -0.3 is 10.8 Å². The number of aliphatic hydroxyl groups is 1. The minimum absolute atomic E-state index is 0.0397. The predicted octanol–water partition coefficient (Wildman–Crippen LogP) is 4.44. The van der Waals surface area contributed by atoms with E-state index in [0.29, 0.717) is 52.3 Å². The number of benzene rings is 2. The fourth-order valence-corrected chi connectivity index (χ4v) is 4.25. The van der Waals surface area contributed by atoms with E-state index in [9.17, 15) is 14.8 Å². The van der Waals surface area contributed by atoms with Crippen molar-refractivity contribution in [2.24, 2.45) is 0 Å². The minimum atomic E-state index is -0.730. The standard InChI is InChI=1S/C24H20FN5O/c1-24(31)11-16(12-24)30-23(27)18(13-26)22(29-30)15-7-6-14-8-9-20(28-21(14)10-15)17-4-2-3-5-19(17)25/h2-10,16,31H,11-12,27H2,1H3/t16-,24-. The van der Waals surface area contributed by atoms with Crippen LogP contribution in [0.1, 0.15) is 31.4 Å². The number of halogens is 1. The van der Waals surface area contributed by atoms with Crippen LogP contribution < -0.4 is 5.73 Å². The van der Waals surface area contributed by atoms with Crippen molar-refractivity contribution in [3.8, 4) is 28.6 Å². The van der Waals surface area contributed by atoms with Gasteiger partial charge >= 0.3 is 0 Å². The molecule has 1 aliphatic rings. The molecule has 31 heavy (non-hydrogen) atoms. The van der Waals surface area contributed by atoms with E-state index in [1.165, 1.54) is 6.07 Å². The maximum atomic E-state index is 14.2. The number of nitrogens with two attached hydrogens (primary N) is 1. The Balaban J connectivity index is 1.59. The van der Waals surface area contributed by atoms with E-state index >= 15 is 0 Å². The maximum absolute atomic E-state index is 14.2. The molecule has 6 nitrogen and oxygen atoms in total. The van der Waals surface area contributed by atoms with E-state index in [2.05, 4.69) is 16.2 Å². The number of hydrogen-bond donors (Lipinski definition) is 2. The van der Waals surface area contributed by atoms with Crippen LogP contribution in [0.4, 0.5) is 10.2 Å². The van der Waals surface area contributed by atoms with E-state index < -0.39 is 5.60 Å². The number of hydrogen-bond acceptors (Lipinski definition) is 5. The Bertz CT molecular complexity index is 1360. The predicted molar refractivity (Wildman–Crippen MR) is 116 cm³/mol. The van der Waals surface area contributed by atoms with Crippen LogP contribution in [0, 0.1) is 17.1 Å². The highest BCUT2D eigenvalue weighted by molar-refractivity contribution is 5.87. The van der Waals surface area contributed by atoms with E-state index in [1.807, 2.05) is 24.3 Å². The topological polar surface area (TPSA) is 101 Å². The van der Waals surface area contributed by atoms with Crippen LogP contribution >= 0.6 is 0 Å². The molecule has 0 saturated heterocycles. The molecule has 3 N–H and O–H groups in total. The number of nitrogens with zero attached hydrogens (tertiary/aromatic N) is 4. The van der Waals surface area contributed by atoms with Crippen LogP contribution in [0.25, 0.3) is 33.4 Å². The summed E-state index contributed by atoms with van der Waals surface area (Å²) in [7, 11) is 0. The molecule has 0 amide bonds. The van der Waals surface area contributed by atoms with Gasteiger partial charge in [0.15, 0.2) is 0 Å². The summed E-state index contributed by atoms with van der Waals surface area (Å²) in [4.78, 5) is 4.64. The second kappa shape index (κ2) is 6.89. The number of anilines is 1. The maximum Gasteiger partial charge on any atom is 0.140 e. The van der Waals surface area contributed by atoms with Crippen LogP contribution in [-0.2, 0) is 0 Å². The first-order valence-electron chi connectivity index (χ1n) is 10.0. The molecular formula is C24H20FN5O. The second-order valence-corrected chi connectivity index (χ2v) is 8.31. The summed E-state index contributed by atoms with van der Waals surface area (Å²) in [6.07, 6.45) is 1.07. The van der Waals surface area contributed by atoms with E-state index in [0.717, 1.165) is 5.39 Å². The Kier molecular flexibility index (Phi) is 4.27. The van der Waals surface area contributed by atoms with Crippen molar-refractivity contribution in [2.45, 2.75) is 31.4 Å². The third-order valence-corrected chi connectivity index (χ3v) is 5.87. The Morgan fingerprint density at radius 1 is 1.19 bits per heavy atom. The molecule has 0 radical (unpaired) electrons. The fraction of sp³-hybridized carbons (Fsp3) is 0.208. The van der Waals surface area contributed by atoms with Crippen molar-refractivity contribution >= 4 is 16.7 Å². The number of pyridine rings is 1. The summed E-state index contributed by atoms with van der Waals surface area (Å²) in [5.74, 6) is -0.0358. The van der Waals surface area contributed by atoms with Crippen molar-refractivity contribution in [1.82, 2.24) is 14.8 Å². The van der Waals surface area contributed by atoms with Gasteiger partial charge in [-0.15, -0.1) is 0 Å². The molecule has 2 aromatic carbocycles. The lowest BCUT2D eigenvalue weighted by atomic mass is 9.77. The monoisotopic (exact) mass is 413 g/mol. The van der Waals surface area contributed by atoms with Crippen molar-refractivity contribution in [3.05, 3.63) is 66.0 Å². The molecule has 0 bridgehead atoms. The van der Waals surface area contributed by atoms with Gasteiger partial charge in [-0.1, -0.05) is 30.3 Å². The number of aromatic nitrogens is 3. The van der Waals surface area contributed by atoms with Crippen LogP contribution in [-0.4, -0.2) is 25.5 Å². The Hall–Kier alpha value is -3.76. The van der Waals surface area contributed by atoms with Gasteiger partial charge in [0.05, 0.1) is 22.9 Å². The van der Waals surface area contributed by atoms with Crippen LogP contribution in [0.3, 0.4) is 0 Å². The first kappa shape index (κ1) is 19.2. The average Bonchev–Trinajstić information content (AvgIpc) is 3.07. The smallest absolute Gasteiger partial charge is 0.140 e. The van der Waals surface area contributed by atoms with Gasteiger partial charge in [-0.25, -0.2) is 14.1 Å². The van der Waals surface area contributed by atoms with Crippen molar-refractivity contribution < 1.29 is 9.50 Å². The van der Waals surface area contributed by atoms with Crippen LogP contribution in [0.5, 0.6) is 0 Å². The second-order valence-electron chi connectivity index (χ2n) is 8.31. The van der Waals surface area contributed by atoms with Gasteiger partial charge in [0.25, 0.3) is 0 Å². The van der Waals surface area contributed by atoms with Crippen molar-refractivity contribution in [1.29, 1.82) is 5.26 Å². The lowest BCUT2D eigenvalue weighted by Gasteiger charge is -2.41. The molecule has 7 heteroatoms. The molecule has 1 aliphatic carbocycles. The Labute approximate surface area is 178 Å². The molecule has 0 atom stereocenters. The summed E-state index contributed by atoms with van der Waals surface area (Å²) < 4.78 is 15.9. The van der Waals surface area contributed by atoms with Crippen molar-refractivity contribution in [3.63, 3.8) is 0 Å². The quantitative estimate of drug-likeness (QED) is 0.517. The number of rotatable bonds is 3. The summed E-state index contributed by atoms with van der Waals surface area (Å²) in [5.41, 5.74) is 8.61. The summed E-state index contributed by atoms with van der Waals surface area (Å²) >= 11 is 0. The molecule has 1 fully saturated rings. The molecule has 4 aromatic rings. The lowest BCUT2D eigenvalue weighted by molar-refractivity contribution is -0.0535.